The van der Waals surface area contributed by atoms with Crippen molar-refractivity contribution in [1.82, 2.24) is 19.6 Å². The third-order valence-electron chi connectivity index (χ3n) is 2.06. The second kappa shape index (κ2) is 2.94. The molecule has 2 aromatic heterocycles. The standard InChI is InChI=1S/C9H11FN4/c1-6-4-5-14(11-6)9-8(10)7(2)12-13(9)3/h4-5H,1-3H3. The predicted molar refractivity (Wildman–Crippen MR) is 49.8 cm³/mol. The molecule has 0 aromatic carbocycles. The largest absolute Gasteiger partial charge is 0.248 e. The number of aryl methyl sites for hydroxylation is 3. The number of hydrogen-bond acceptors (Lipinski definition) is 2. The van der Waals surface area contributed by atoms with Gasteiger partial charge in [-0.15, -0.1) is 0 Å². The van der Waals surface area contributed by atoms with Gasteiger partial charge in [0.1, 0.15) is 0 Å². The van der Waals surface area contributed by atoms with Crippen molar-refractivity contribution in [3.8, 4) is 5.82 Å². The van der Waals surface area contributed by atoms with E-state index in [-0.39, 0.29) is 5.82 Å². The Morgan fingerprint density at radius 3 is 2.43 bits per heavy atom. The predicted octanol–water partition coefficient (Wildman–Crippen LogP) is 1.36. The summed E-state index contributed by atoms with van der Waals surface area (Å²) in [6.45, 7) is 3.49. The fraction of sp³-hybridized carbons (Fsp3) is 0.333. The average Bonchev–Trinajstić information content (AvgIpc) is 2.60. The lowest BCUT2D eigenvalue weighted by atomic mass is 10.4. The summed E-state index contributed by atoms with van der Waals surface area (Å²) in [5.41, 5.74) is 1.24. The third kappa shape index (κ3) is 1.21. The summed E-state index contributed by atoms with van der Waals surface area (Å²) in [5, 5.41) is 8.11. The van der Waals surface area contributed by atoms with E-state index < -0.39 is 0 Å². The second-order valence-corrected chi connectivity index (χ2v) is 3.25. The van der Waals surface area contributed by atoms with Crippen molar-refractivity contribution >= 4 is 0 Å². The summed E-state index contributed by atoms with van der Waals surface area (Å²) >= 11 is 0. The van der Waals surface area contributed by atoms with Crippen LogP contribution in [0.15, 0.2) is 12.3 Å². The molecule has 0 spiro atoms. The number of aromatic nitrogens is 4. The molecule has 0 bridgehead atoms. The van der Waals surface area contributed by atoms with Crippen LogP contribution in [0.5, 0.6) is 0 Å². The molecule has 2 rings (SSSR count). The van der Waals surface area contributed by atoms with E-state index in [1.165, 1.54) is 9.36 Å². The van der Waals surface area contributed by atoms with Gasteiger partial charge in [0.15, 0.2) is 11.6 Å². The summed E-state index contributed by atoms with van der Waals surface area (Å²) in [4.78, 5) is 0. The van der Waals surface area contributed by atoms with Crippen molar-refractivity contribution in [2.45, 2.75) is 13.8 Å². The van der Waals surface area contributed by atoms with Gasteiger partial charge >= 0.3 is 0 Å². The van der Waals surface area contributed by atoms with Crippen molar-refractivity contribution in [3.05, 3.63) is 29.5 Å². The van der Waals surface area contributed by atoms with Gasteiger partial charge < -0.3 is 0 Å². The fourth-order valence-corrected chi connectivity index (χ4v) is 1.40. The molecule has 0 atom stereocenters. The van der Waals surface area contributed by atoms with E-state index in [1.54, 1.807) is 20.2 Å². The first kappa shape index (κ1) is 8.93. The van der Waals surface area contributed by atoms with Crippen LogP contribution in [-0.2, 0) is 7.05 Å². The lowest BCUT2D eigenvalue weighted by Gasteiger charge is -2.00. The van der Waals surface area contributed by atoms with Crippen molar-refractivity contribution < 1.29 is 4.39 Å². The van der Waals surface area contributed by atoms with Crippen LogP contribution in [0.2, 0.25) is 0 Å². The molecule has 2 heterocycles. The summed E-state index contributed by atoms with van der Waals surface area (Å²) in [6.07, 6.45) is 1.72. The minimum absolute atomic E-state index is 0.324. The van der Waals surface area contributed by atoms with Crippen LogP contribution >= 0.6 is 0 Å². The van der Waals surface area contributed by atoms with Crippen LogP contribution in [0.4, 0.5) is 4.39 Å². The third-order valence-corrected chi connectivity index (χ3v) is 2.06. The van der Waals surface area contributed by atoms with Crippen LogP contribution < -0.4 is 0 Å². The van der Waals surface area contributed by atoms with Crippen LogP contribution in [0.1, 0.15) is 11.4 Å². The fourth-order valence-electron chi connectivity index (χ4n) is 1.40. The van der Waals surface area contributed by atoms with Crippen molar-refractivity contribution in [1.29, 1.82) is 0 Å². The first-order valence-corrected chi connectivity index (χ1v) is 4.31. The Labute approximate surface area is 81.0 Å². The van der Waals surface area contributed by atoms with E-state index in [0.29, 0.717) is 11.5 Å². The Bertz CT molecular complexity index is 469. The molecule has 0 aliphatic carbocycles. The van der Waals surface area contributed by atoms with Gasteiger partial charge in [-0.2, -0.15) is 10.2 Å². The lowest BCUT2D eigenvalue weighted by molar-refractivity contribution is 0.593. The maximum atomic E-state index is 13.6. The number of rotatable bonds is 1. The molecule has 0 amide bonds. The Balaban J connectivity index is 2.61. The Morgan fingerprint density at radius 1 is 1.29 bits per heavy atom. The molecule has 2 aromatic rings. The first-order valence-electron chi connectivity index (χ1n) is 4.31. The van der Waals surface area contributed by atoms with Crippen LogP contribution in [-0.4, -0.2) is 19.6 Å². The van der Waals surface area contributed by atoms with Gasteiger partial charge in [0.25, 0.3) is 0 Å². The van der Waals surface area contributed by atoms with E-state index in [2.05, 4.69) is 10.2 Å². The molecule has 0 aliphatic rings. The van der Waals surface area contributed by atoms with Gasteiger partial charge in [-0.1, -0.05) is 0 Å². The molecule has 0 unspecified atom stereocenters. The highest BCUT2D eigenvalue weighted by Crippen LogP contribution is 2.14. The summed E-state index contributed by atoms with van der Waals surface area (Å²) in [6, 6.07) is 1.82. The Kier molecular flexibility index (Phi) is 1.87. The number of nitrogens with zero attached hydrogens (tertiary/aromatic N) is 4. The summed E-state index contributed by atoms with van der Waals surface area (Å²) < 4.78 is 16.5. The van der Waals surface area contributed by atoms with Gasteiger partial charge in [0, 0.05) is 13.2 Å². The highest BCUT2D eigenvalue weighted by molar-refractivity contribution is 5.27. The van der Waals surface area contributed by atoms with Crippen LogP contribution in [0.3, 0.4) is 0 Å². The topological polar surface area (TPSA) is 35.6 Å². The Hall–Kier alpha value is -1.65. The van der Waals surface area contributed by atoms with E-state index in [4.69, 9.17) is 0 Å². The smallest absolute Gasteiger partial charge is 0.190 e. The molecule has 5 heteroatoms. The molecule has 0 fully saturated rings. The summed E-state index contributed by atoms with van der Waals surface area (Å²) in [5.74, 6) is 0.0474. The normalized spacial score (nSPS) is 10.9. The quantitative estimate of drug-likeness (QED) is 0.687. The van der Waals surface area contributed by atoms with Gasteiger partial charge in [-0.25, -0.2) is 13.8 Å². The molecular formula is C9H11FN4. The maximum Gasteiger partial charge on any atom is 0.190 e. The van der Waals surface area contributed by atoms with E-state index in [0.717, 1.165) is 5.69 Å². The highest BCUT2D eigenvalue weighted by atomic mass is 19.1. The molecular weight excluding hydrogens is 183 g/mol. The number of halogens is 1. The minimum atomic E-state index is -0.324. The highest BCUT2D eigenvalue weighted by Gasteiger charge is 2.14. The monoisotopic (exact) mass is 194 g/mol. The van der Waals surface area contributed by atoms with E-state index >= 15 is 0 Å². The molecule has 0 N–H and O–H groups in total. The van der Waals surface area contributed by atoms with Gasteiger partial charge in [0.05, 0.1) is 11.4 Å². The zero-order valence-electron chi connectivity index (χ0n) is 8.32. The van der Waals surface area contributed by atoms with Gasteiger partial charge in [-0.3, -0.25) is 0 Å². The minimum Gasteiger partial charge on any atom is -0.248 e. The van der Waals surface area contributed by atoms with Gasteiger partial charge in [0.2, 0.25) is 0 Å². The second-order valence-electron chi connectivity index (χ2n) is 3.25. The number of hydrogen-bond donors (Lipinski definition) is 0. The SMILES string of the molecule is Cc1ccn(-c2c(F)c(C)nn2C)n1. The average molecular weight is 194 g/mol. The van der Waals surface area contributed by atoms with E-state index in [1.807, 2.05) is 13.0 Å². The van der Waals surface area contributed by atoms with Crippen molar-refractivity contribution in [2.24, 2.45) is 7.05 Å². The first-order chi connectivity index (χ1) is 6.59. The lowest BCUT2D eigenvalue weighted by Crippen LogP contribution is -2.05. The van der Waals surface area contributed by atoms with E-state index in [9.17, 15) is 4.39 Å². The molecule has 0 saturated carbocycles. The summed E-state index contributed by atoms with van der Waals surface area (Å²) in [7, 11) is 1.70. The maximum absolute atomic E-state index is 13.6. The molecule has 0 radical (unpaired) electrons. The van der Waals surface area contributed by atoms with Gasteiger partial charge in [-0.05, 0) is 19.9 Å². The van der Waals surface area contributed by atoms with Crippen molar-refractivity contribution in [2.75, 3.05) is 0 Å². The van der Waals surface area contributed by atoms with Crippen molar-refractivity contribution in [3.63, 3.8) is 0 Å². The van der Waals surface area contributed by atoms with Crippen LogP contribution in [0.25, 0.3) is 5.82 Å². The molecule has 74 valence electrons. The zero-order chi connectivity index (χ0) is 10.3. The molecule has 0 aliphatic heterocycles. The van der Waals surface area contributed by atoms with Crippen LogP contribution in [0, 0.1) is 19.7 Å². The Morgan fingerprint density at radius 2 is 2.00 bits per heavy atom. The zero-order valence-corrected chi connectivity index (χ0v) is 8.32. The molecule has 0 saturated heterocycles. The molecule has 4 nitrogen and oxygen atoms in total. The molecule has 14 heavy (non-hydrogen) atoms.